The number of nitrogens with zero attached hydrogens (tertiary/aromatic N) is 2. The lowest BCUT2D eigenvalue weighted by molar-refractivity contribution is -0.137. The minimum atomic E-state index is -4.30. The molecular formula is C15H17F3N2O. The summed E-state index contributed by atoms with van der Waals surface area (Å²) >= 11 is 0. The molecule has 3 nitrogen and oxygen atoms in total. The molecule has 0 aromatic heterocycles. The number of hydrogen-bond acceptors (Lipinski definition) is 3. The van der Waals surface area contributed by atoms with Crippen LogP contribution in [0.3, 0.4) is 0 Å². The summed E-state index contributed by atoms with van der Waals surface area (Å²) in [5.74, 6) is 0.516. The second kappa shape index (κ2) is 5.67. The Morgan fingerprint density at radius 2 is 1.81 bits per heavy atom. The molecule has 3 heterocycles. The van der Waals surface area contributed by atoms with E-state index in [4.69, 9.17) is 4.84 Å². The van der Waals surface area contributed by atoms with Gasteiger partial charge < -0.3 is 4.84 Å². The van der Waals surface area contributed by atoms with Crippen LogP contribution in [-0.2, 0) is 17.6 Å². The average Bonchev–Trinajstić information content (AvgIpc) is 2.48. The van der Waals surface area contributed by atoms with Crippen LogP contribution in [0.4, 0.5) is 13.2 Å². The largest absolute Gasteiger partial charge is 0.416 e. The Labute approximate surface area is 121 Å². The summed E-state index contributed by atoms with van der Waals surface area (Å²) in [6.07, 6.45) is -2.04. The zero-order valence-electron chi connectivity index (χ0n) is 11.6. The van der Waals surface area contributed by atoms with E-state index in [0.29, 0.717) is 11.5 Å². The lowest BCUT2D eigenvalue weighted by Crippen LogP contribution is -2.47. The van der Waals surface area contributed by atoms with Gasteiger partial charge in [-0.3, -0.25) is 4.90 Å². The van der Waals surface area contributed by atoms with Crippen molar-refractivity contribution in [3.63, 3.8) is 0 Å². The number of hydrogen-bond donors (Lipinski definition) is 0. The molecule has 0 amide bonds. The Kier molecular flexibility index (Phi) is 3.89. The number of halogens is 3. The van der Waals surface area contributed by atoms with E-state index in [2.05, 4.69) is 10.1 Å². The van der Waals surface area contributed by atoms with Gasteiger partial charge in [-0.05, 0) is 43.6 Å². The van der Waals surface area contributed by atoms with Crippen LogP contribution in [0.1, 0.15) is 24.0 Å². The van der Waals surface area contributed by atoms with Gasteiger partial charge in [0, 0.05) is 12.5 Å². The molecule has 1 aromatic carbocycles. The Morgan fingerprint density at radius 1 is 1.14 bits per heavy atom. The highest BCUT2D eigenvalue weighted by Crippen LogP contribution is 2.29. The molecule has 0 N–H and O–H groups in total. The first-order chi connectivity index (χ1) is 10.0. The third-order valence-corrected chi connectivity index (χ3v) is 4.14. The summed E-state index contributed by atoms with van der Waals surface area (Å²) in [7, 11) is 0. The summed E-state index contributed by atoms with van der Waals surface area (Å²) in [4.78, 5) is 7.66. The third-order valence-electron chi connectivity index (χ3n) is 4.14. The zero-order chi connectivity index (χ0) is 14.9. The molecule has 0 spiro atoms. The lowest BCUT2D eigenvalue weighted by atomic mass is 9.87. The van der Waals surface area contributed by atoms with Crippen LogP contribution in [0.2, 0.25) is 0 Å². The maximum absolute atomic E-state index is 12.4. The molecule has 4 rings (SSSR count). The number of alkyl halides is 3. The Hall–Kier alpha value is -1.56. The second-order valence-corrected chi connectivity index (χ2v) is 5.60. The summed E-state index contributed by atoms with van der Waals surface area (Å²) in [6, 6.07) is 5.00. The highest BCUT2D eigenvalue weighted by Gasteiger charge is 2.31. The molecule has 0 atom stereocenters. The monoisotopic (exact) mass is 298 g/mol. The number of oxime groups is 1. The van der Waals surface area contributed by atoms with Crippen LogP contribution in [0.5, 0.6) is 0 Å². The third kappa shape index (κ3) is 3.37. The smallest absolute Gasteiger partial charge is 0.391 e. The predicted molar refractivity (Wildman–Crippen MR) is 72.8 cm³/mol. The molecule has 114 valence electrons. The second-order valence-electron chi connectivity index (χ2n) is 5.60. The van der Waals surface area contributed by atoms with Crippen LogP contribution in [-0.4, -0.2) is 30.2 Å². The van der Waals surface area contributed by atoms with Gasteiger partial charge in [-0.15, -0.1) is 0 Å². The molecule has 0 aliphatic carbocycles. The topological polar surface area (TPSA) is 24.8 Å². The molecule has 2 bridgehead atoms. The van der Waals surface area contributed by atoms with E-state index in [0.717, 1.165) is 50.3 Å². The van der Waals surface area contributed by atoms with Gasteiger partial charge in [0.25, 0.3) is 0 Å². The first kappa shape index (κ1) is 14.4. The fourth-order valence-electron chi connectivity index (χ4n) is 2.87. The standard InChI is InChI=1S/C15H17F3N2O/c16-15(17,18)13-3-1-11(2-4-13)10-21-19-14-9-20-7-5-12(14)6-8-20/h1-4,12H,5-10H2/b19-14-. The van der Waals surface area contributed by atoms with Crippen LogP contribution in [0.25, 0.3) is 0 Å². The molecule has 3 aliphatic heterocycles. The van der Waals surface area contributed by atoms with Crippen LogP contribution in [0.15, 0.2) is 29.4 Å². The molecular weight excluding hydrogens is 281 g/mol. The lowest BCUT2D eigenvalue weighted by Gasteiger charge is -2.39. The van der Waals surface area contributed by atoms with E-state index in [9.17, 15) is 13.2 Å². The normalized spacial score (nSPS) is 27.1. The average molecular weight is 298 g/mol. The fourth-order valence-corrected chi connectivity index (χ4v) is 2.87. The van der Waals surface area contributed by atoms with Gasteiger partial charge in [0.05, 0.1) is 11.3 Å². The molecule has 0 saturated carbocycles. The highest BCUT2D eigenvalue weighted by molar-refractivity contribution is 5.89. The Balaban J connectivity index is 1.56. The predicted octanol–water partition coefficient (Wildman–Crippen LogP) is 3.30. The summed E-state index contributed by atoms with van der Waals surface area (Å²) in [5.41, 5.74) is 1.11. The zero-order valence-corrected chi connectivity index (χ0v) is 11.6. The summed E-state index contributed by atoms with van der Waals surface area (Å²) < 4.78 is 37.3. The van der Waals surface area contributed by atoms with Crippen molar-refractivity contribution in [3.05, 3.63) is 35.4 Å². The van der Waals surface area contributed by atoms with E-state index >= 15 is 0 Å². The maximum atomic E-state index is 12.4. The van der Waals surface area contributed by atoms with Crippen molar-refractivity contribution in [2.75, 3.05) is 19.6 Å². The van der Waals surface area contributed by atoms with E-state index in [1.165, 1.54) is 12.1 Å². The number of fused-ring (bicyclic) bond motifs is 3. The van der Waals surface area contributed by atoms with Crippen LogP contribution in [0, 0.1) is 5.92 Å². The van der Waals surface area contributed by atoms with E-state index in [1.807, 2.05) is 0 Å². The minimum absolute atomic E-state index is 0.203. The van der Waals surface area contributed by atoms with Crippen molar-refractivity contribution in [2.24, 2.45) is 11.1 Å². The first-order valence-corrected chi connectivity index (χ1v) is 7.09. The van der Waals surface area contributed by atoms with Crippen molar-refractivity contribution in [2.45, 2.75) is 25.6 Å². The molecule has 0 radical (unpaired) electrons. The van der Waals surface area contributed by atoms with E-state index < -0.39 is 11.7 Å². The molecule has 0 unspecified atom stereocenters. The molecule has 3 fully saturated rings. The summed E-state index contributed by atoms with van der Waals surface area (Å²) in [5, 5.41) is 4.19. The molecule has 3 aliphatic rings. The Morgan fingerprint density at radius 3 is 2.33 bits per heavy atom. The molecule has 6 heteroatoms. The fraction of sp³-hybridized carbons (Fsp3) is 0.533. The number of benzene rings is 1. The molecule has 1 aromatic rings. The van der Waals surface area contributed by atoms with Crippen LogP contribution < -0.4 is 0 Å². The van der Waals surface area contributed by atoms with Gasteiger partial charge in [0.2, 0.25) is 0 Å². The van der Waals surface area contributed by atoms with E-state index in [-0.39, 0.29) is 6.61 Å². The van der Waals surface area contributed by atoms with Gasteiger partial charge in [-0.2, -0.15) is 13.2 Å². The highest BCUT2D eigenvalue weighted by atomic mass is 19.4. The number of piperidine rings is 3. The van der Waals surface area contributed by atoms with Crippen molar-refractivity contribution < 1.29 is 18.0 Å². The first-order valence-electron chi connectivity index (χ1n) is 7.09. The van der Waals surface area contributed by atoms with Crippen LogP contribution >= 0.6 is 0 Å². The van der Waals surface area contributed by atoms with Gasteiger partial charge in [-0.25, -0.2) is 0 Å². The SMILES string of the molecule is FC(F)(F)c1ccc(CO/N=C2/CN3CCC2CC3)cc1. The van der Waals surface area contributed by atoms with Gasteiger partial charge >= 0.3 is 6.18 Å². The summed E-state index contributed by atoms with van der Waals surface area (Å²) in [6.45, 7) is 3.32. The quantitative estimate of drug-likeness (QED) is 0.800. The van der Waals surface area contributed by atoms with Gasteiger partial charge in [0.15, 0.2) is 0 Å². The van der Waals surface area contributed by atoms with Crippen molar-refractivity contribution in [1.29, 1.82) is 0 Å². The van der Waals surface area contributed by atoms with Crippen molar-refractivity contribution in [3.8, 4) is 0 Å². The molecule has 3 saturated heterocycles. The van der Waals surface area contributed by atoms with Crippen molar-refractivity contribution in [1.82, 2.24) is 4.90 Å². The Bertz CT molecular complexity index is 517. The van der Waals surface area contributed by atoms with Crippen molar-refractivity contribution >= 4 is 5.71 Å². The van der Waals surface area contributed by atoms with Gasteiger partial charge in [0.1, 0.15) is 6.61 Å². The van der Waals surface area contributed by atoms with Gasteiger partial charge in [-0.1, -0.05) is 17.3 Å². The maximum Gasteiger partial charge on any atom is 0.416 e. The number of rotatable bonds is 3. The molecule has 21 heavy (non-hydrogen) atoms. The van der Waals surface area contributed by atoms with E-state index in [1.54, 1.807) is 0 Å². The minimum Gasteiger partial charge on any atom is -0.391 e.